The van der Waals surface area contributed by atoms with E-state index >= 15 is 0 Å². The average molecular weight is 238 g/mol. The monoisotopic (exact) mass is 238 g/mol. The molecule has 1 rings (SSSR count). The summed E-state index contributed by atoms with van der Waals surface area (Å²) in [4.78, 5) is 2.19. The molecule has 1 aromatic carbocycles. The molecule has 0 aromatic heterocycles. The predicted molar refractivity (Wildman–Crippen MR) is 71.6 cm³/mol. The standard InChI is InChI=1S/C13H22N2O2/c1-11-4-5-12(14)13(10-11)15(6-8-16-2)7-9-17-3/h4-5,10H,6-9,14H2,1-3H3. The number of nitrogens with two attached hydrogens (primary N) is 1. The van der Waals surface area contributed by atoms with E-state index in [0.717, 1.165) is 24.5 Å². The summed E-state index contributed by atoms with van der Waals surface area (Å²) in [6.07, 6.45) is 0. The summed E-state index contributed by atoms with van der Waals surface area (Å²) in [6, 6.07) is 6.06. The smallest absolute Gasteiger partial charge is 0.0637 e. The Balaban J connectivity index is 2.82. The third-order valence-electron chi connectivity index (χ3n) is 2.66. The van der Waals surface area contributed by atoms with Gasteiger partial charge in [-0.05, 0) is 24.6 Å². The van der Waals surface area contributed by atoms with Crippen LogP contribution in [-0.2, 0) is 9.47 Å². The van der Waals surface area contributed by atoms with Crippen molar-refractivity contribution >= 4 is 11.4 Å². The van der Waals surface area contributed by atoms with Crippen LogP contribution in [0.5, 0.6) is 0 Å². The molecule has 0 saturated carbocycles. The van der Waals surface area contributed by atoms with Crippen molar-refractivity contribution in [3.63, 3.8) is 0 Å². The second-order valence-corrected chi connectivity index (χ2v) is 4.03. The molecule has 4 nitrogen and oxygen atoms in total. The molecule has 0 saturated heterocycles. The lowest BCUT2D eigenvalue weighted by Gasteiger charge is -2.26. The molecule has 2 N–H and O–H groups in total. The van der Waals surface area contributed by atoms with E-state index in [4.69, 9.17) is 15.2 Å². The van der Waals surface area contributed by atoms with Crippen molar-refractivity contribution in [1.82, 2.24) is 0 Å². The summed E-state index contributed by atoms with van der Waals surface area (Å²) < 4.78 is 10.2. The van der Waals surface area contributed by atoms with Crippen molar-refractivity contribution in [3.8, 4) is 0 Å². The summed E-state index contributed by atoms with van der Waals surface area (Å²) in [6.45, 7) is 5.04. The van der Waals surface area contributed by atoms with Crippen LogP contribution in [0.2, 0.25) is 0 Å². The van der Waals surface area contributed by atoms with Gasteiger partial charge in [0.15, 0.2) is 0 Å². The molecule has 0 aliphatic heterocycles. The SMILES string of the molecule is COCCN(CCOC)c1cc(C)ccc1N. The molecular weight excluding hydrogens is 216 g/mol. The topological polar surface area (TPSA) is 47.7 Å². The molecule has 0 bridgehead atoms. The van der Waals surface area contributed by atoms with Gasteiger partial charge in [-0.15, -0.1) is 0 Å². The normalized spacial score (nSPS) is 10.5. The van der Waals surface area contributed by atoms with E-state index in [0.29, 0.717) is 13.2 Å². The molecule has 0 aliphatic carbocycles. The Hall–Kier alpha value is -1.26. The minimum Gasteiger partial charge on any atom is -0.397 e. The quantitative estimate of drug-likeness (QED) is 0.734. The number of rotatable bonds is 7. The molecule has 0 radical (unpaired) electrons. The Kier molecular flexibility index (Phi) is 5.80. The zero-order valence-electron chi connectivity index (χ0n) is 10.9. The second-order valence-electron chi connectivity index (χ2n) is 4.03. The van der Waals surface area contributed by atoms with Gasteiger partial charge in [-0.25, -0.2) is 0 Å². The first-order chi connectivity index (χ1) is 8.19. The Labute approximate surface area is 103 Å². The van der Waals surface area contributed by atoms with Gasteiger partial charge in [0.05, 0.1) is 24.6 Å². The number of ether oxygens (including phenoxy) is 2. The summed E-state index contributed by atoms with van der Waals surface area (Å²) in [5, 5.41) is 0. The molecule has 17 heavy (non-hydrogen) atoms. The Morgan fingerprint density at radius 3 is 2.24 bits per heavy atom. The van der Waals surface area contributed by atoms with Crippen LogP contribution in [0, 0.1) is 6.92 Å². The van der Waals surface area contributed by atoms with E-state index in [1.165, 1.54) is 5.56 Å². The number of methoxy groups -OCH3 is 2. The van der Waals surface area contributed by atoms with Gasteiger partial charge >= 0.3 is 0 Å². The van der Waals surface area contributed by atoms with Gasteiger partial charge in [0, 0.05) is 27.3 Å². The number of nitrogen functional groups attached to an aromatic ring is 1. The maximum absolute atomic E-state index is 6.01. The molecule has 0 spiro atoms. The van der Waals surface area contributed by atoms with E-state index < -0.39 is 0 Å². The summed E-state index contributed by atoms with van der Waals surface area (Å²) >= 11 is 0. The fourth-order valence-corrected chi connectivity index (χ4v) is 1.68. The van der Waals surface area contributed by atoms with E-state index in [2.05, 4.69) is 17.9 Å². The Bertz CT molecular complexity index is 334. The molecular formula is C13H22N2O2. The van der Waals surface area contributed by atoms with E-state index in [1.807, 2.05) is 12.1 Å². The van der Waals surface area contributed by atoms with Gasteiger partial charge < -0.3 is 20.1 Å². The van der Waals surface area contributed by atoms with Crippen LogP contribution in [0.3, 0.4) is 0 Å². The van der Waals surface area contributed by atoms with Gasteiger partial charge in [-0.1, -0.05) is 6.07 Å². The van der Waals surface area contributed by atoms with Gasteiger partial charge in [0.25, 0.3) is 0 Å². The molecule has 96 valence electrons. The minimum absolute atomic E-state index is 0.678. The van der Waals surface area contributed by atoms with Crippen molar-refractivity contribution in [2.45, 2.75) is 6.92 Å². The lowest BCUT2D eigenvalue weighted by molar-refractivity contribution is 0.190. The number of benzene rings is 1. The fraction of sp³-hybridized carbons (Fsp3) is 0.538. The van der Waals surface area contributed by atoms with Gasteiger partial charge in [0.1, 0.15) is 0 Å². The molecule has 0 atom stereocenters. The third-order valence-corrected chi connectivity index (χ3v) is 2.66. The molecule has 0 fully saturated rings. The van der Waals surface area contributed by atoms with E-state index in [1.54, 1.807) is 14.2 Å². The first-order valence-corrected chi connectivity index (χ1v) is 5.78. The fourth-order valence-electron chi connectivity index (χ4n) is 1.68. The van der Waals surface area contributed by atoms with Crippen molar-refractivity contribution < 1.29 is 9.47 Å². The Morgan fingerprint density at radius 2 is 1.71 bits per heavy atom. The van der Waals surface area contributed by atoms with Gasteiger partial charge in [-0.3, -0.25) is 0 Å². The summed E-state index contributed by atoms with van der Waals surface area (Å²) in [5.41, 5.74) is 9.06. The van der Waals surface area contributed by atoms with Crippen LogP contribution in [0.1, 0.15) is 5.56 Å². The van der Waals surface area contributed by atoms with Crippen LogP contribution in [0.4, 0.5) is 11.4 Å². The molecule has 0 heterocycles. The molecule has 1 aromatic rings. The highest BCUT2D eigenvalue weighted by Gasteiger charge is 2.09. The van der Waals surface area contributed by atoms with Crippen molar-refractivity contribution in [1.29, 1.82) is 0 Å². The molecule has 0 amide bonds. The zero-order valence-corrected chi connectivity index (χ0v) is 10.9. The van der Waals surface area contributed by atoms with Crippen LogP contribution < -0.4 is 10.6 Å². The van der Waals surface area contributed by atoms with Crippen LogP contribution in [0.25, 0.3) is 0 Å². The number of nitrogens with zero attached hydrogens (tertiary/aromatic N) is 1. The number of anilines is 2. The maximum atomic E-state index is 6.01. The minimum atomic E-state index is 0.678. The highest BCUT2D eigenvalue weighted by molar-refractivity contribution is 5.68. The largest absolute Gasteiger partial charge is 0.397 e. The maximum Gasteiger partial charge on any atom is 0.0637 e. The van der Waals surface area contributed by atoms with Gasteiger partial charge in [0.2, 0.25) is 0 Å². The zero-order chi connectivity index (χ0) is 12.7. The average Bonchev–Trinajstić information content (AvgIpc) is 2.33. The van der Waals surface area contributed by atoms with Crippen molar-refractivity contribution in [2.75, 3.05) is 51.2 Å². The third kappa shape index (κ3) is 4.24. The van der Waals surface area contributed by atoms with Crippen molar-refractivity contribution in [2.24, 2.45) is 0 Å². The van der Waals surface area contributed by atoms with Crippen LogP contribution in [-0.4, -0.2) is 40.5 Å². The highest BCUT2D eigenvalue weighted by atomic mass is 16.5. The Morgan fingerprint density at radius 1 is 1.12 bits per heavy atom. The van der Waals surface area contributed by atoms with Crippen LogP contribution >= 0.6 is 0 Å². The summed E-state index contributed by atoms with van der Waals surface area (Å²) in [5.74, 6) is 0. The second kappa shape index (κ2) is 7.14. The predicted octanol–water partition coefficient (Wildman–Crippen LogP) is 1.68. The lowest BCUT2D eigenvalue weighted by Crippen LogP contribution is -2.31. The summed E-state index contributed by atoms with van der Waals surface area (Å²) in [7, 11) is 3.40. The van der Waals surface area contributed by atoms with E-state index in [9.17, 15) is 0 Å². The van der Waals surface area contributed by atoms with Gasteiger partial charge in [-0.2, -0.15) is 0 Å². The van der Waals surface area contributed by atoms with Crippen LogP contribution in [0.15, 0.2) is 18.2 Å². The molecule has 0 aliphatic rings. The number of aryl methyl sites for hydroxylation is 1. The van der Waals surface area contributed by atoms with Crippen molar-refractivity contribution in [3.05, 3.63) is 23.8 Å². The first kappa shape index (κ1) is 13.8. The lowest BCUT2D eigenvalue weighted by atomic mass is 10.1. The van der Waals surface area contributed by atoms with E-state index in [-0.39, 0.29) is 0 Å². The first-order valence-electron chi connectivity index (χ1n) is 5.78. The number of hydrogen-bond acceptors (Lipinski definition) is 4. The molecule has 0 unspecified atom stereocenters. The highest BCUT2D eigenvalue weighted by Crippen LogP contribution is 2.24. The molecule has 4 heteroatoms. The number of hydrogen-bond donors (Lipinski definition) is 1.